The fourth-order valence-corrected chi connectivity index (χ4v) is 6.37. The molecule has 1 aliphatic heterocycles. The third kappa shape index (κ3) is 5.60. The number of methoxy groups -OCH3 is 1. The molecule has 0 fully saturated rings. The molecule has 0 saturated carbocycles. The van der Waals surface area contributed by atoms with Crippen LogP contribution in [0.15, 0.2) is 87.8 Å². The van der Waals surface area contributed by atoms with Gasteiger partial charge in [0.05, 0.1) is 34.0 Å². The number of aromatic nitrogens is 1. The maximum Gasteiger partial charge on any atom is 0.338 e. The Kier molecular flexibility index (Phi) is 8.47. The van der Waals surface area contributed by atoms with Crippen molar-refractivity contribution in [2.24, 2.45) is 4.99 Å². The van der Waals surface area contributed by atoms with Gasteiger partial charge in [-0.25, -0.2) is 9.79 Å². The summed E-state index contributed by atoms with van der Waals surface area (Å²) in [7, 11) is 1.32. The molecule has 4 aromatic rings. The van der Waals surface area contributed by atoms with E-state index in [9.17, 15) is 9.59 Å². The summed E-state index contributed by atoms with van der Waals surface area (Å²) in [5, 5.41) is 1.29. The molecule has 1 aromatic heterocycles. The molecular weight excluding hydrogens is 591 g/mol. The largest absolute Gasteiger partial charge is 0.487 e. The first kappa shape index (κ1) is 28.2. The summed E-state index contributed by atoms with van der Waals surface area (Å²) >= 11 is 20.2. The summed E-state index contributed by atoms with van der Waals surface area (Å²) in [6, 6.07) is 19.2. The van der Waals surface area contributed by atoms with Crippen molar-refractivity contribution in [2.75, 3.05) is 7.11 Å². The molecule has 204 valence electrons. The standard InChI is InChI=1S/C30H23Cl3N2O4S/c1-3-23-25(29(37)38-2)26(18-9-5-4-6-10-18)35-28(36)24(40-30(35)34-23)14-19-13-21(32)15-22(33)27(19)39-16-17-8-7-11-20(31)12-17/h4-15,26H,3,16H2,1-2H3/b24-14+/t26-/m1/s1. The second-order valence-electron chi connectivity index (χ2n) is 8.92. The lowest BCUT2D eigenvalue weighted by molar-refractivity contribution is -0.136. The maximum absolute atomic E-state index is 13.9. The molecule has 0 unspecified atom stereocenters. The quantitative estimate of drug-likeness (QED) is 0.228. The highest BCUT2D eigenvalue weighted by Gasteiger charge is 2.33. The van der Waals surface area contributed by atoms with Gasteiger partial charge >= 0.3 is 5.97 Å². The summed E-state index contributed by atoms with van der Waals surface area (Å²) < 4.78 is 13.1. The van der Waals surface area contributed by atoms with E-state index in [2.05, 4.69) is 0 Å². The van der Waals surface area contributed by atoms with Gasteiger partial charge in [-0.3, -0.25) is 9.36 Å². The Morgan fingerprint density at radius 3 is 2.52 bits per heavy atom. The molecule has 0 spiro atoms. The first-order chi connectivity index (χ1) is 19.3. The third-order valence-electron chi connectivity index (χ3n) is 6.36. The van der Waals surface area contributed by atoms with Crippen molar-refractivity contribution in [1.82, 2.24) is 4.57 Å². The molecule has 3 aromatic carbocycles. The van der Waals surface area contributed by atoms with Crippen LogP contribution < -0.4 is 19.6 Å². The summed E-state index contributed by atoms with van der Waals surface area (Å²) in [6.07, 6.45) is 2.18. The van der Waals surface area contributed by atoms with Crippen LogP contribution in [0.2, 0.25) is 15.1 Å². The first-order valence-electron chi connectivity index (χ1n) is 12.3. The van der Waals surface area contributed by atoms with Crippen molar-refractivity contribution in [3.8, 4) is 5.75 Å². The number of carbonyl (C=O) groups is 1. The molecule has 6 nitrogen and oxygen atoms in total. The highest BCUT2D eigenvalue weighted by Crippen LogP contribution is 2.34. The molecule has 1 aliphatic rings. The number of nitrogens with zero attached hydrogens (tertiary/aromatic N) is 2. The molecule has 10 heteroatoms. The highest BCUT2D eigenvalue weighted by molar-refractivity contribution is 7.07. The van der Waals surface area contributed by atoms with Crippen LogP contribution in [0.25, 0.3) is 6.08 Å². The highest BCUT2D eigenvalue weighted by atomic mass is 35.5. The van der Waals surface area contributed by atoms with Crippen LogP contribution in [0, 0.1) is 0 Å². The van der Waals surface area contributed by atoms with E-state index in [1.54, 1.807) is 30.3 Å². The summed E-state index contributed by atoms with van der Waals surface area (Å²) in [6.45, 7) is 2.12. The molecule has 40 heavy (non-hydrogen) atoms. The van der Waals surface area contributed by atoms with Crippen molar-refractivity contribution in [2.45, 2.75) is 26.0 Å². The van der Waals surface area contributed by atoms with Gasteiger partial charge in [0.1, 0.15) is 12.4 Å². The van der Waals surface area contributed by atoms with Crippen molar-refractivity contribution in [1.29, 1.82) is 0 Å². The van der Waals surface area contributed by atoms with E-state index in [-0.39, 0.29) is 12.2 Å². The zero-order valence-corrected chi connectivity index (χ0v) is 24.6. The zero-order valence-electron chi connectivity index (χ0n) is 21.5. The zero-order chi connectivity index (χ0) is 28.4. The van der Waals surface area contributed by atoms with Crippen LogP contribution in [0.1, 0.15) is 36.1 Å². The molecular formula is C30H23Cl3N2O4S. The van der Waals surface area contributed by atoms with E-state index < -0.39 is 12.0 Å². The average molecular weight is 614 g/mol. The van der Waals surface area contributed by atoms with Gasteiger partial charge in [-0.1, -0.05) is 95.5 Å². The maximum atomic E-state index is 13.9. The van der Waals surface area contributed by atoms with Crippen LogP contribution in [0.4, 0.5) is 0 Å². The Morgan fingerprint density at radius 2 is 1.82 bits per heavy atom. The number of halogens is 3. The Balaban J connectivity index is 1.66. The van der Waals surface area contributed by atoms with Gasteiger partial charge in [0.15, 0.2) is 4.80 Å². The summed E-state index contributed by atoms with van der Waals surface area (Å²) in [4.78, 5) is 32.1. The number of hydrogen-bond donors (Lipinski definition) is 0. The molecule has 5 rings (SSSR count). The van der Waals surface area contributed by atoms with Gasteiger partial charge in [-0.05, 0) is 47.9 Å². The second-order valence-corrected chi connectivity index (χ2v) is 11.2. The molecule has 0 amide bonds. The van der Waals surface area contributed by atoms with Crippen molar-refractivity contribution in [3.63, 3.8) is 0 Å². The number of esters is 1. The average Bonchev–Trinajstić information content (AvgIpc) is 3.25. The van der Waals surface area contributed by atoms with E-state index in [0.717, 1.165) is 11.1 Å². The Bertz CT molecular complexity index is 1810. The summed E-state index contributed by atoms with van der Waals surface area (Å²) in [5.41, 5.74) is 2.76. The van der Waals surface area contributed by atoms with Gasteiger partial charge in [0.25, 0.3) is 5.56 Å². The normalized spacial score (nSPS) is 15.0. The Labute approximate surface area is 249 Å². The van der Waals surface area contributed by atoms with Gasteiger partial charge < -0.3 is 9.47 Å². The van der Waals surface area contributed by atoms with Crippen LogP contribution in [0.5, 0.6) is 5.75 Å². The molecule has 0 radical (unpaired) electrons. The molecule has 0 N–H and O–H groups in total. The van der Waals surface area contributed by atoms with Gasteiger partial charge in [0.2, 0.25) is 0 Å². The predicted octanol–water partition coefficient (Wildman–Crippen LogP) is 6.34. The van der Waals surface area contributed by atoms with E-state index in [0.29, 0.717) is 53.4 Å². The number of fused-ring (bicyclic) bond motifs is 1. The lowest BCUT2D eigenvalue weighted by atomic mass is 9.95. The number of carbonyl (C=O) groups excluding carboxylic acids is 1. The Morgan fingerprint density at radius 1 is 1.05 bits per heavy atom. The lowest BCUT2D eigenvalue weighted by Crippen LogP contribution is -2.40. The fraction of sp³-hybridized carbons (Fsp3) is 0.167. The second kappa shape index (κ2) is 12.0. The minimum absolute atomic E-state index is 0.209. The molecule has 0 saturated heterocycles. The molecule has 2 heterocycles. The van der Waals surface area contributed by atoms with Gasteiger partial charge in [0, 0.05) is 15.6 Å². The van der Waals surface area contributed by atoms with Gasteiger partial charge in [-0.2, -0.15) is 0 Å². The van der Waals surface area contributed by atoms with Crippen LogP contribution in [0.3, 0.4) is 0 Å². The minimum atomic E-state index is -0.691. The van der Waals surface area contributed by atoms with E-state index >= 15 is 0 Å². The SMILES string of the molecule is CCC1=C(C(=O)OC)[C@@H](c2ccccc2)n2c(s/c(=C/c3cc(Cl)cc(Cl)c3OCc3cccc(Cl)c3)c2=O)=N1. The minimum Gasteiger partial charge on any atom is -0.487 e. The van der Waals surface area contributed by atoms with Crippen LogP contribution >= 0.6 is 46.1 Å². The molecule has 0 bridgehead atoms. The first-order valence-corrected chi connectivity index (χ1v) is 14.3. The molecule has 0 aliphatic carbocycles. The van der Waals surface area contributed by atoms with E-state index in [1.807, 2.05) is 49.4 Å². The van der Waals surface area contributed by atoms with E-state index in [4.69, 9.17) is 49.3 Å². The fourth-order valence-electron chi connectivity index (χ4n) is 4.58. The third-order valence-corrected chi connectivity index (χ3v) is 8.08. The number of ether oxygens (including phenoxy) is 2. The smallest absolute Gasteiger partial charge is 0.338 e. The van der Waals surface area contributed by atoms with Crippen molar-refractivity contribution >= 4 is 58.2 Å². The Hall–Kier alpha value is -3.36. The number of allylic oxidation sites excluding steroid dienone is 1. The lowest BCUT2D eigenvalue weighted by Gasteiger charge is -2.25. The van der Waals surface area contributed by atoms with Crippen LogP contribution in [-0.2, 0) is 16.1 Å². The number of rotatable bonds is 7. The predicted molar refractivity (Wildman–Crippen MR) is 159 cm³/mol. The molecule has 1 atom stereocenters. The van der Waals surface area contributed by atoms with E-state index in [1.165, 1.54) is 23.0 Å². The van der Waals surface area contributed by atoms with Crippen LogP contribution in [-0.4, -0.2) is 17.6 Å². The van der Waals surface area contributed by atoms with Crippen molar-refractivity contribution in [3.05, 3.63) is 129 Å². The monoisotopic (exact) mass is 612 g/mol. The summed E-state index contributed by atoms with van der Waals surface area (Å²) in [5.74, 6) is -0.150. The number of thiazole rings is 1. The number of hydrogen-bond acceptors (Lipinski definition) is 6. The van der Waals surface area contributed by atoms with Crippen molar-refractivity contribution < 1.29 is 14.3 Å². The number of benzene rings is 3. The van der Waals surface area contributed by atoms with Gasteiger partial charge in [-0.15, -0.1) is 0 Å². The topological polar surface area (TPSA) is 69.9 Å².